The topological polar surface area (TPSA) is 102 Å². The van der Waals surface area contributed by atoms with E-state index in [2.05, 4.69) is 25.8 Å². The molecule has 0 saturated carbocycles. The number of rotatable bonds is 6. The van der Waals surface area contributed by atoms with Gasteiger partial charge in [0.1, 0.15) is 5.75 Å². The second-order valence-corrected chi connectivity index (χ2v) is 7.78. The van der Waals surface area contributed by atoms with Crippen LogP contribution in [0.1, 0.15) is 24.8 Å². The molecule has 4 rings (SSSR count). The number of carbonyl (C=O) groups excluding carboxylic acids is 1. The molecule has 1 fully saturated rings. The van der Waals surface area contributed by atoms with Crippen molar-refractivity contribution >= 4 is 29.1 Å². The molecule has 1 aromatic carbocycles. The molecule has 1 aliphatic heterocycles. The Morgan fingerprint density at radius 2 is 2.06 bits per heavy atom. The number of halogens is 3. The summed E-state index contributed by atoms with van der Waals surface area (Å²) in [6.07, 6.45) is 2.69. The van der Waals surface area contributed by atoms with E-state index in [1.807, 2.05) is 12.1 Å². The molecular formula is C20H18Cl2FN5O3. The third-order valence-electron chi connectivity index (χ3n) is 4.75. The molecule has 162 valence electrons. The lowest BCUT2D eigenvalue weighted by Crippen LogP contribution is -2.48. The van der Waals surface area contributed by atoms with Crippen molar-refractivity contribution < 1.29 is 18.3 Å². The molecule has 1 saturated heterocycles. The predicted molar refractivity (Wildman–Crippen MR) is 111 cm³/mol. The van der Waals surface area contributed by atoms with Gasteiger partial charge in [0.05, 0.1) is 12.2 Å². The molecule has 2 aromatic heterocycles. The molecule has 31 heavy (non-hydrogen) atoms. The number of carbonyl (C=O) groups is 1. The average molecular weight is 466 g/mol. The Hall–Kier alpha value is -2.75. The maximum absolute atomic E-state index is 13.4. The number of aromatic nitrogens is 3. The minimum absolute atomic E-state index is 0.0777. The van der Waals surface area contributed by atoms with Crippen LogP contribution in [0.4, 0.5) is 4.39 Å². The largest absolute Gasteiger partial charge is 0.482 e. The lowest BCUT2D eigenvalue weighted by molar-refractivity contribution is -0.124. The lowest BCUT2D eigenvalue weighted by atomic mass is 10.0. The lowest BCUT2D eigenvalue weighted by Gasteiger charge is -2.28. The minimum Gasteiger partial charge on any atom is -0.482 e. The van der Waals surface area contributed by atoms with Crippen molar-refractivity contribution in [1.82, 2.24) is 25.8 Å². The first kappa shape index (κ1) is 21.5. The second-order valence-electron chi connectivity index (χ2n) is 6.99. The molecule has 2 atom stereocenters. The van der Waals surface area contributed by atoms with Gasteiger partial charge in [-0.1, -0.05) is 23.2 Å². The molecule has 3 heterocycles. The Labute approximate surface area is 187 Å². The van der Waals surface area contributed by atoms with Gasteiger partial charge in [-0.2, -0.15) is 0 Å². The maximum atomic E-state index is 13.4. The van der Waals surface area contributed by atoms with E-state index >= 15 is 0 Å². The van der Waals surface area contributed by atoms with Crippen LogP contribution in [-0.2, 0) is 4.79 Å². The summed E-state index contributed by atoms with van der Waals surface area (Å²) in [6, 6.07) is 8.06. The molecule has 2 N–H and O–H groups in total. The van der Waals surface area contributed by atoms with Crippen LogP contribution in [0, 0.1) is 5.82 Å². The molecular weight excluding hydrogens is 448 g/mol. The third kappa shape index (κ3) is 5.49. The van der Waals surface area contributed by atoms with Crippen molar-refractivity contribution in [3.05, 3.63) is 58.4 Å². The van der Waals surface area contributed by atoms with Crippen molar-refractivity contribution in [1.29, 1.82) is 0 Å². The summed E-state index contributed by atoms with van der Waals surface area (Å²) in [5, 5.41) is 14.8. The number of nitrogens with one attached hydrogen (secondary N) is 2. The van der Waals surface area contributed by atoms with E-state index in [0.29, 0.717) is 29.8 Å². The zero-order valence-corrected chi connectivity index (χ0v) is 17.7. The van der Waals surface area contributed by atoms with Gasteiger partial charge in [-0.05, 0) is 37.1 Å². The average Bonchev–Trinajstić information content (AvgIpc) is 3.26. The van der Waals surface area contributed by atoms with Crippen molar-refractivity contribution in [2.24, 2.45) is 0 Å². The second kappa shape index (κ2) is 9.59. The molecule has 8 nitrogen and oxygen atoms in total. The molecule has 0 bridgehead atoms. The highest BCUT2D eigenvalue weighted by molar-refractivity contribution is 6.30. The zero-order chi connectivity index (χ0) is 21.8. The quantitative estimate of drug-likeness (QED) is 0.536. The number of piperidine rings is 1. The normalized spacial score (nSPS) is 18.5. The zero-order valence-electron chi connectivity index (χ0n) is 16.1. The minimum atomic E-state index is -0.706. The molecule has 11 heteroatoms. The van der Waals surface area contributed by atoms with Crippen LogP contribution in [0.15, 0.2) is 40.9 Å². The first-order chi connectivity index (χ1) is 15.0. The highest BCUT2D eigenvalue weighted by Crippen LogP contribution is 2.26. The van der Waals surface area contributed by atoms with Gasteiger partial charge in [-0.3, -0.25) is 4.79 Å². The van der Waals surface area contributed by atoms with E-state index in [4.69, 9.17) is 32.4 Å². The fraction of sp³-hybridized carbons (Fsp3) is 0.300. The Kier molecular flexibility index (Phi) is 6.64. The molecule has 0 unspecified atom stereocenters. The first-order valence-electron chi connectivity index (χ1n) is 9.54. The van der Waals surface area contributed by atoms with Crippen LogP contribution >= 0.6 is 23.2 Å². The summed E-state index contributed by atoms with van der Waals surface area (Å²) < 4.78 is 24.4. The van der Waals surface area contributed by atoms with Gasteiger partial charge < -0.3 is 19.8 Å². The van der Waals surface area contributed by atoms with Gasteiger partial charge in [-0.25, -0.2) is 9.37 Å². The number of benzene rings is 1. The van der Waals surface area contributed by atoms with Crippen LogP contribution in [0.3, 0.4) is 0 Å². The monoisotopic (exact) mass is 465 g/mol. The third-order valence-corrected chi connectivity index (χ3v) is 5.28. The van der Waals surface area contributed by atoms with E-state index in [0.717, 1.165) is 18.1 Å². The molecule has 0 spiro atoms. The summed E-state index contributed by atoms with van der Waals surface area (Å²) >= 11 is 11.4. The number of amides is 1. The van der Waals surface area contributed by atoms with Gasteiger partial charge in [0.25, 0.3) is 5.91 Å². The Balaban J connectivity index is 1.24. The highest BCUT2D eigenvalue weighted by atomic mass is 35.5. The van der Waals surface area contributed by atoms with Gasteiger partial charge in [0.2, 0.25) is 11.8 Å². The van der Waals surface area contributed by atoms with Gasteiger partial charge in [0.15, 0.2) is 17.6 Å². The summed E-state index contributed by atoms with van der Waals surface area (Å²) in [7, 11) is 0. The number of pyridine rings is 1. The van der Waals surface area contributed by atoms with Crippen molar-refractivity contribution in [3.63, 3.8) is 0 Å². The number of hydrogen-bond acceptors (Lipinski definition) is 7. The highest BCUT2D eigenvalue weighted by Gasteiger charge is 2.27. The Bertz CT molecular complexity index is 1060. The van der Waals surface area contributed by atoms with E-state index < -0.39 is 5.82 Å². The summed E-state index contributed by atoms with van der Waals surface area (Å²) in [5.41, 5.74) is 0.792. The maximum Gasteiger partial charge on any atom is 0.258 e. The van der Waals surface area contributed by atoms with Gasteiger partial charge >= 0.3 is 0 Å². The molecule has 1 amide bonds. The Morgan fingerprint density at radius 1 is 1.26 bits per heavy atom. The Morgan fingerprint density at radius 3 is 2.77 bits per heavy atom. The van der Waals surface area contributed by atoms with Crippen LogP contribution in [0.25, 0.3) is 11.5 Å². The van der Waals surface area contributed by atoms with Crippen LogP contribution in [0.2, 0.25) is 10.2 Å². The van der Waals surface area contributed by atoms with Crippen molar-refractivity contribution in [2.45, 2.75) is 24.9 Å². The summed E-state index contributed by atoms with van der Waals surface area (Å²) in [6.45, 7) is 0.281. The SMILES string of the molecule is O=C(COc1cnc(Cl)c(F)c1)N[C@H]1CC[C@H](c2nnc(-c3ccc(Cl)cc3)o2)NC1. The van der Waals surface area contributed by atoms with E-state index in [9.17, 15) is 9.18 Å². The molecule has 0 radical (unpaired) electrons. The van der Waals surface area contributed by atoms with Crippen molar-refractivity contribution in [2.75, 3.05) is 13.2 Å². The fourth-order valence-corrected chi connectivity index (χ4v) is 3.41. The van der Waals surface area contributed by atoms with Gasteiger partial charge in [0, 0.05) is 29.2 Å². The standard InChI is InChI=1S/C20H18Cl2FN5O3/c21-12-3-1-11(2-4-12)19-27-28-20(31-19)16-6-5-13(8-24-16)26-17(29)10-30-14-7-15(23)18(22)25-9-14/h1-4,7,9,13,16,24H,5-6,8,10H2,(H,26,29)/t13-,16+/m0/s1. The van der Waals surface area contributed by atoms with Crippen LogP contribution < -0.4 is 15.4 Å². The van der Waals surface area contributed by atoms with E-state index in [1.165, 1.54) is 6.20 Å². The molecule has 0 aliphatic carbocycles. The number of nitrogens with zero attached hydrogens (tertiary/aromatic N) is 3. The fourth-order valence-electron chi connectivity index (χ4n) is 3.18. The number of ether oxygens (including phenoxy) is 1. The van der Waals surface area contributed by atoms with Crippen LogP contribution in [-0.4, -0.2) is 40.3 Å². The van der Waals surface area contributed by atoms with Crippen molar-refractivity contribution in [3.8, 4) is 17.2 Å². The summed E-state index contributed by atoms with van der Waals surface area (Å²) in [5.74, 6) is 0.0297. The van der Waals surface area contributed by atoms with E-state index in [1.54, 1.807) is 12.1 Å². The van der Waals surface area contributed by atoms with E-state index in [-0.39, 0.29) is 35.5 Å². The predicted octanol–water partition coefficient (Wildman–Crippen LogP) is 3.57. The smallest absolute Gasteiger partial charge is 0.258 e. The number of hydrogen-bond donors (Lipinski definition) is 2. The molecule has 1 aliphatic rings. The van der Waals surface area contributed by atoms with Gasteiger partial charge in [-0.15, -0.1) is 10.2 Å². The first-order valence-corrected chi connectivity index (χ1v) is 10.3. The van der Waals surface area contributed by atoms with Crippen LogP contribution in [0.5, 0.6) is 5.75 Å². The molecule has 3 aromatic rings. The summed E-state index contributed by atoms with van der Waals surface area (Å²) in [4.78, 5) is 15.7.